The van der Waals surface area contributed by atoms with E-state index < -0.39 is 11.6 Å². The third kappa shape index (κ3) is 3.98. The fourth-order valence-corrected chi connectivity index (χ4v) is 4.87. The van der Waals surface area contributed by atoms with E-state index in [1.165, 1.54) is 13.5 Å². The van der Waals surface area contributed by atoms with Crippen molar-refractivity contribution in [3.8, 4) is 5.69 Å². The quantitative estimate of drug-likeness (QED) is 0.575. The van der Waals surface area contributed by atoms with Crippen molar-refractivity contribution in [2.75, 3.05) is 38.8 Å². The van der Waals surface area contributed by atoms with Gasteiger partial charge in [-0.2, -0.15) is 5.10 Å². The lowest BCUT2D eigenvalue weighted by Crippen LogP contribution is -2.47. The fraction of sp³-hybridized carbons (Fsp3) is 0.480. The van der Waals surface area contributed by atoms with Gasteiger partial charge in [-0.15, -0.1) is 0 Å². The Morgan fingerprint density at radius 2 is 1.91 bits per heavy atom. The topological polar surface area (TPSA) is 89.7 Å². The number of hydrogen-bond donors (Lipinski definition) is 1. The molecule has 1 saturated heterocycles. The first-order chi connectivity index (χ1) is 16.0. The van der Waals surface area contributed by atoms with Crippen LogP contribution in [0.1, 0.15) is 54.2 Å². The van der Waals surface area contributed by atoms with E-state index in [2.05, 4.69) is 4.90 Å². The summed E-state index contributed by atoms with van der Waals surface area (Å²) < 4.78 is 12.1. The third-order valence-corrected chi connectivity index (χ3v) is 6.98. The van der Waals surface area contributed by atoms with Crippen LogP contribution in [0.15, 0.2) is 36.4 Å². The highest BCUT2D eigenvalue weighted by atomic mass is 16.5. The number of carbonyl (C=O) groups excluding carboxylic acids is 1. The summed E-state index contributed by atoms with van der Waals surface area (Å²) in [6, 6.07) is 11.7. The number of rotatable bonds is 6. The van der Waals surface area contributed by atoms with Crippen LogP contribution in [0.4, 0.5) is 5.69 Å². The molecule has 8 nitrogen and oxygen atoms in total. The molecule has 2 aromatic heterocycles. The van der Waals surface area contributed by atoms with Gasteiger partial charge in [0.05, 0.1) is 41.8 Å². The predicted molar refractivity (Wildman–Crippen MR) is 125 cm³/mol. The van der Waals surface area contributed by atoms with E-state index in [9.17, 15) is 9.90 Å². The maximum atomic E-state index is 12.5. The number of anilines is 1. The zero-order valence-corrected chi connectivity index (χ0v) is 19.2. The number of methoxy groups -OCH3 is 2. The molecular weight excluding hydrogens is 420 g/mol. The van der Waals surface area contributed by atoms with Gasteiger partial charge in [0, 0.05) is 26.1 Å². The molecule has 5 rings (SSSR count). The molecule has 0 spiro atoms. The van der Waals surface area contributed by atoms with E-state index in [1.807, 2.05) is 41.1 Å². The number of carbonyl (C=O) groups is 1. The predicted octanol–water partition coefficient (Wildman–Crippen LogP) is 3.45. The van der Waals surface area contributed by atoms with Crippen molar-refractivity contribution in [3.63, 3.8) is 0 Å². The Kier molecular flexibility index (Phi) is 5.80. The molecule has 2 aliphatic rings. The summed E-state index contributed by atoms with van der Waals surface area (Å²) in [7, 11) is 2.98. The van der Waals surface area contributed by atoms with Crippen LogP contribution in [-0.2, 0) is 9.47 Å². The van der Waals surface area contributed by atoms with E-state index in [0.29, 0.717) is 44.1 Å². The van der Waals surface area contributed by atoms with Crippen LogP contribution in [0, 0.1) is 0 Å². The molecule has 0 amide bonds. The number of ether oxygens (including phenoxy) is 2. The highest BCUT2D eigenvalue weighted by Gasteiger charge is 2.35. The Morgan fingerprint density at radius 3 is 2.52 bits per heavy atom. The molecule has 0 unspecified atom stereocenters. The maximum Gasteiger partial charge on any atom is 0.356 e. The summed E-state index contributed by atoms with van der Waals surface area (Å²) in [6.07, 6.45) is 4.58. The smallest absolute Gasteiger partial charge is 0.356 e. The van der Waals surface area contributed by atoms with E-state index >= 15 is 0 Å². The van der Waals surface area contributed by atoms with E-state index in [0.717, 1.165) is 35.3 Å². The summed E-state index contributed by atoms with van der Waals surface area (Å²) in [6.45, 7) is 1.62. The van der Waals surface area contributed by atoms with Crippen LogP contribution in [0.5, 0.6) is 0 Å². The monoisotopic (exact) mass is 450 g/mol. The molecule has 33 heavy (non-hydrogen) atoms. The number of para-hydroxylation sites is 1. The lowest BCUT2D eigenvalue weighted by Gasteiger charge is -2.39. The number of hydrogen-bond acceptors (Lipinski definition) is 7. The SMILES string of the molecule is COCC1(O)CCN(c2cc(C(=O)OC)nc3c2c(C2CCC2)nn3-c2ccccc2)CC1. The largest absolute Gasteiger partial charge is 0.464 e. The van der Waals surface area contributed by atoms with Crippen LogP contribution in [0.25, 0.3) is 16.7 Å². The first kappa shape index (κ1) is 21.9. The average molecular weight is 451 g/mol. The number of pyridine rings is 1. The molecule has 1 N–H and O–H groups in total. The van der Waals surface area contributed by atoms with Crippen molar-refractivity contribution in [1.82, 2.24) is 14.8 Å². The van der Waals surface area contributed by atoms with Gasteiger partial charge in [0.15, 0.2) is 11.3 Å². The maximum absolute atomic E-state index is 12.5. The molecule has 2 fully saturated rings. The number of nitrogens with zero attached hydrogens (tertiary/aromatic N) is 4. The van der Waals surface area contributed by atoms with Crippen molar-refractivity contribution in [1.29, 1.82) is 0 Å². The molecule has 174 valence electrons. The van der Waals surface area contributed by atoms with Crippen LogP contribution in [0.3, 0.4) is 0 Å². The normalized spacial score (nSPS) is 18.3. The molecule has 1 aliphatic carbocycles. The Hall–Kier alpha value is -2.97. The molecular formula is C25H30N4O4. The minimum absolute atomic E-state index is 0.259. The van der Waals surface area contributed by atoms with Crippen LogP contribution >= 0.6 is 0 Å². The molecule has 3 aromatic rings. The number of fused-ring (bicyclic) bond motifs is 1. The Balaban J connectivity index is 1.67. The third-order valence-electron chi connectivity index (χ3n) is 6.98. The summed E-state index contributed by atoms with van der Waals surface area (Å²) in [4.78, 5) is 19.5. The van der Waals surface area contributed by atoms with Gasteiger partial charge < -0.3 is 19.5 Å². The van der Waals surface area contributed by atoms with Gasteiger partial charge in [-0.3, -0.25) is 0 Å². The minimum Gasteiger partial charge on any atom is -0.464 e. The van der Waals surface area contributed by atoms with Gasteiger partial charge in [0.2, 0.25) is 0 Å². The summed E-state index contributed by atoms with van der Waals surface area (Å²) >= 11 is 0. The number of esters is 1. The highest BCUT2D eigenvalue weighted by Crippen LogP contribution is 2.43. The van der Waals surface area contributed by atoms with Gasteiger partial charge in [-0.05, 0) is 43.9 Å². The summed E-state index contributed by atoms with van der Waals surface area (Å²) in [5.41, 5.74) is 2.98. The van der Waals surface area contributed by atoms with Crippen molar-refractivity contribution < 1.29 is 19.4 Å². The minimum atomic E-state index is -0.826. The Labute approximate surface area is 193 Å². The second-order valence-electron chi connectivity index (χ2n) is 9.12. The van der Waals surface area contributed by atoms with Crippen molar-refractivity contribution >= 4 is 22.7 Å². The second kappa shape index (κ2) is 8.76. The van der Waals surface area contributed by atoms with E-state index in [4.69, 9.17) is 19.6 Å². The standard InChI is InChI=1S/C25H30N4O4/c1-32-16-25(31)11-13-28(14-12-25)20-15-19(24(30)33-2)26-23-21(20)22(17-7-6-8-17)27-29(23)18-9-4-3-5-10-18/h3-5,9-10,15,17,31H,6-8,11-14,16H2,1-2H3. The van der Waals surface area contributed by atoms with Crippen LogP contribution < -0.4 is 4.90 Å². The number of aromatic nitrogens is 3. The van der Waals surface area contributed by atoms with Gasteiger partial charge in [-0.1, -0.05) is 24.6 Å². The van der Waals surface area contributed by atoms with E-state index in [1.54, 1.807) is 7.11 Å². The van der Waals surface area contributed by atoms with Gasteiger partial charge in [0.1, 0.15) is 0 Å². The number of aliphatic hydroxyl groups is 1. The second-order valence-corrected chi connectivity index (χ2v) is 9.12. The Bertz CT molecular complexity index is 1150. The average Bonchev–Trinajstić information content (AvgIpc) is 3.17. The van der Waals surface area contributed by atoms with Crippen molar-refractivity contribution in [2.24, 2.45) is 0 Å². The lowest BCUT2D eigenvalue weighted by molar-refractivity contribution is -0.0471. The molecule has 1 aliphatic heterocycles. The van der Waals surface area contributed by atoms with Gasteiger partial charge >= 0.3 is 5.97 Å². The lowest BCUT2D eigenvalue weighted by atomic mass is 9.81. The Morgan fingerprint density at radius 1 is 1.18 bits per heavy atom. The van der Waals surface area contributed by atoms with Crippen LogP contribution in [-0.4, -0.2) is 65.4 Å². The molecule has 3 heterocycles. The first-order valence-corrected chi connectivity index (χ1v) is 11.6. The molecule has 0 atom stereocenters. The zero-order chi connectivity index (χ0) is 23.0. The molecule has 0 bridgehead atoms. The van der Waals surface area contributed by atoms with Crippen molar-refractivity contribution in [2.45, 2.75) is 43.6 Å². The van der Waals surface area contributed by atoms with E-state index in [-0.39, 0.29) is 5.69 Å². The molecule has 1 saturated carbocycles. The molecule has 8 heteroatoms. The highest BCUT2D eigenvalue weighted by molar-refractivity contribution is 5.99. The fourth-order valence-electron chi connectivity index (χ4n) is 4.87. The summed E-state index contributed by atoms with van der Waals surface area (Å²) in [5.74, 6) is -0.0887. The zero-order valence-electron chi connectivity index (χ0n) is 19.2. The number of benzene rings is 1. The number of piperidine rings is 1. The molecule has 1 aromatic carbocycles. The van der Waals surface area contributed by atoms with Crippen LogP contribution in [0.2, 0.25) is 0 Å². The van der Waals surface area contributed by atoms with Gasteiger partial charge in [0.25, 0.3) is 0 Å². The van der Waals surface area contributed by atoms with Gasteiger partial charge in [-0.25, -0.2) is 14.5 Å². The first-order valence-electron chi connectivity index (χ1n) is 11.6. The summed E-state index contributed by atoms with van der Waals surface area (Å²) in [5, 5.41) is 16.8. The molecule has 0 radical (unpaired) electrons. The van der Waals surface area contributed by atoms with Crippen molar-refractivity contribution in [3.05, 3.63) is 47.8 Å².